The molecule has 0 saturated heterocycles. The van der Waals surface area contributed by atoms with Crippen LogP contribution in [-0.2, 0) is 11.3 Å². The molecular formula is C33H28F2N6O4S2. The van der Waals surface area contributed by atoms with Crippen molar-refractivity contribution < 1.29 is 27.8 Å². The molecule has 10 nitrogen and oxygen atoms in total. The molecule has 1 aliphatic rings. The maximum Gasteiger partial charge on any atom is 0.254 e. The molecule has 2 amide bonds. The lowest BCUT2D eigenvalue weighted by atomic mass is 9.99. The van der Waals surface area contributed by atoms with Crippen molar-refractivity contribution in [2.24, 2.45) is 5.10 Å². The largest absolute Gasteiger partial charge is 0.493 e. The number of nitrogens with one attached hydrogen (secondary N) is 1. The number of hydrazone groups is 1. The van der Waals surface area contributed by atoms with Crippen LogP contribution in [-0.4, -0.2) is 57.3 Å². The number of hydrogen-bond acceptors (Lipinski definition) is 9. The molecular weight excluding hydrogens is 647 g/mol. The molecule has 3 heterocycles. The van der Waals surface area contributed by atoms with Crippen LogP contribution >= 0.6 is 23.1 Å². The van der Waals surface area contributed by atoms with Crippen LogP contribution in [0.25, 0.3) is 5.69 Å². The number of carbonyl (C=O) groups is 2. The second-order valence-electron chi connectivity index (χ2n) is 10.2. The molecule has 0 radical (unpaired) electrons. The molecule has 240 valence electrons. The lowest BCUT2D eigenvalue weighted by molar-refractivity contribution is -0.130. The number of thiophene rings is 1. The Morgan fingerprint density at radius 1 is 0.979 bits per heavy atom. The summed E-state index contributed by atoms with van der Waals surface area (Å²) in [5.74, 6) is -0.721. The predicted molar refractivity (Wildman–Crippen MR) is 174 cm³/mol. The Kier molecular flexibility index (Phi) is 9.59. The summed E-state index contributed by atoms with van der Waals surface area (Å²) in [5.41, 5.74) is 1.92. The number of halogens is 2. The molecule has 0 spiro atoms. The number of thioether (sulfide) groups is 1. The van der Waals surface area contributed by atoms with E-state index in [4.69, 9.17) is 14.6 Å². The van der Waals surface area contributed by atoms with Gasteiger partial charge in [-0.2, -0.15) is 5.10 Å². The first-order chi connectivity index (χ1) is 22.9. The fraction of sp³-hybridized carbons (Fsp3) is 0.182. The van der Waals surface area contributed by atoms with Crippen molar-refractivity contribution in [1.29, 1.82) is 0 Å². The molecule has 6 rings (SSSR count). The zero-order valence-corrected chi connectivity index (χ0v) is 26.9. The highest BCUT2D eigenvalue weighted by molar-refractivity contribution is 7.99. The van der Waals surface area contributed by atoms with Crippen LogP contribution in [0.3, 0.4) is 0 Å². The Morgan fingerprint density at radius 3 is 2.51 bits per heavy atom. The molecule has 0 bridgehead atoms. The monoisotopic (exact) mass is 674 g/mol. The SMILES string of the molecule is COc1cccc([C@H]2CC(c3cccs3)=NN2C(=O)CSc2nnc(CNC(=O)c3ccccc3F)n2-c2ccc(F)cc2)c1OC. The molecule has 3 aromatic carbocycles. The molecule has 14 heteroatoms. The van der Waals surface area contributed by atoms with E-state index in [1.807, 2.05) is 29.6 Å². The van der Waals surface area contributed by atoms with Crippen LogP contribution in [0, 0.1) is 11.6 Å². The molecule has 2 aromatic heterocycles. The molecule has 5 aromatic rings. The Bertz CT molecular complexity index is 1930. The third-order valence-corrected chi connectivity index (χ3v) is 9.23. The van der Waals surface area contributed by atoms with E-state index in [-0.39, 0.29) is 23.8 Å². The molecule has 1 aliphatic heterocycles. The third kappa shape index (κ3) is 6.74. The maximum atomic E-state index is 14.2. The van der Waals surface area contributed by atoms with Gasteiger partial charge in [-0.3, -0.25) is 14.2 Å². The Morgan fingerprint density at radius 2 is 1.79 bits per heavy atom. The van der Waals surface area contributed by atoms with Gasteiger partial charge in [0.05, 0.1) is 48.7 Å². The van der Waals surface area contributed by atoms with E-state index < -0.39 is 23.6 Å². The minimum Gasteiger partial charge on any atom is -0.493 e. The first-order valence-corrected chi connectivity index (χ1v) is 16.2. The van der Waals surface area contributed by atoms with E-state index in [0.29, 0.717) is 34.6 Å². The van der Waals surface area contributed by atoms with Crippen molar-refractivity contribution >= 4 is 40.6 Å². The summed E-state index contributed by atoms with van der Waals surface area (Å²) in [6.07, 6.45) is 0.470. The summed E-state index contributed by atoms with van der Waals surface area (Å²) in [5, 5.41) is 19.7. The fourth-order valence-corrected chi connectivity index (χ4v) is 6.74. The van der Waals surface area contributed by atoms with Crippen molar-refractivity contribution in [1.82, 2.24) is 25.1 Å². The lowest BCUT2D eigenvalue weighted by Gasteiger charge is -2.24. The first-order valence-electron chi connectivity index (χ1n) is 14.4. The number of aromatic nitrogens is 3. The molecule has 0 unspecified atom stereocenters. The minimum absolute atomic E-state index is 0.0646. The number of benzene rings is 3. The highest BCUT2D eigenvalue weighted by atomic mass is 32.2. The van der Waals surface area contributed by atoms with Crippen molar-refractivity contribution in [3.05, 3.63) is 118 Å². The van der Waals surface area contributed by atoms with Crippen LogP contribution < -0.4 is 14.8 Å². The lowest BCUT2D eigenvalue weighted by Crippen LogP contribution is -2.29. The normalized spacial score (nSPS) is 14.2. The predicted octanol–water partition coefficient (Wildman–Crippen LogP) is 6.02. The number of hydrogen-bond donors (Lipinski definition) is 1. The van der Waals surface area contributed by atoms with Crippen LogP contribution in [0.2, 0.25) is 0 Å². The number of amides is 2. The van der Waals surface area contributed by atoms with E-state index in [9.17, 15) is 18.4 Å². The summed E-state index contributed by atoms with van der Waals surface area (Å²) >= 11 is 2.66. The highest BCUT2D eigenvalue weighted by Gasteiger charge is 2.36. The van der Waals surface area contributed by atoms with Crippen LogP contribution in [0.5, 0.6) is 11.5 Å². The smallest absolute Gasteiger partial charge is 0.254 e. The first kappa shape index (κ1) is 31.9. The van der Waals surface area contributed by atoms with Gasteiger partial charge in [0.2, 0.25) is 0 Å². The van der Waals surface area contributed by atoms with Crippen LogP contribution in [0.4, 0.5) is 8.78 Å². The molecule has 47 heavy (non-hydrogen) atoms. The second-order valence-corrected chi connectivity index (χ2v) is 12.1. The average Bonchev–Trinajstić information content (AvgIpc) is 3.87. The van der Waals surface area contributed by atoms with Gasteiger partial charge in [-0.1, -0.05) is 42.1 Å². The van der Waals surface area contributed by atoms with Crippen molar-refractivity contribution in [2.45, 2.75) is 24.2 Å². The van der Waals surface area contributed by atoms with E-state index in [2.05, 4.69) is 15.5 Å². The van der Waals surface area contributed by atoms with Crippen LogP contribution in [0.1, 0.15) is 39.1 Å². The number of para-hydroxylation sites is 1. The van der Waals surface area contributed by atoms with Gasteiger partial charge in [0.15, 0.2) is 22.5 Å². The molecule has 0 saturated carbocycles. The summed E-state index contributed by atoms with van der Waals surface area (Å²) < 4.78 is 40.8. The highest BCUT2D eigenvalue weighted by Crippen LogP contribution is 2.42. The van der Waals surface area contributed by atoms with Crippen molar-refractivity contribution in [3.63, 3.8) is 0 Å². The second kappa shape index (κ2) is 14.1. The Balaban J connectivity index is 1.27. The van der Waals surface area contributed by atoms with Gasteiger partial charge in [-0.05, 0) is 53.9 Å². The van der Waals surface area contributed by atoms with Crippen molar-refractivity contribution in [3.8, 4) is 17.2 Å². The van der Waals surface area contributed by atoms with Gasteiger partial charge in [0, 0.05) is 17.7 Å². The van der Waals surface area contributed by atoms with Crippen molar-refractivity contribution in [2.75, 3.05) is 20.0 Å². The Labute approximate surface area is 277 Å². The van der Waals surface area contributed by atoms with Gasteiger partial charge < -0.3 is 14.8 Å². The number of carbonyl (C=O) groups excluding carboxylic acids is 2. The van der Waals surface area contributed by atoms with Gasteiger partial charge in [-0.25, -0.2) is 13.8 Å². The van der Waals surface area contributed by atoms with Gasteiger partial charge in [0.1, 0.15) is 11.6 Å². The molecule has 1 atom stereocenters. The van der Waals surface area contributed by atoms with Gasteiger partial charge in [0.25, 0.3) is 11.8 Å². The third-order valence-electron chi connectivity index (χ3n) is 7.40. The van der Waals surface area contributed by atoms with E-state index >= 15 is 0 Å². The van der Waals surface area contributed by atoms with Gasteiger partial charge >= 0.3 is 0 Å². The maximum absolute atomic E-state index is 14.2. The Hall–Kier alpha value is -5.08. The zero-order valence-electron chi connectivity index (χ0n) is 25.2. The molecule has 0 aliphatic carbocycles. The minimum atomic E-state index is -0.656. The quantitative estimate of drug-likeness (QED) is 0.171. The fourth-order valence-electron chi connectivity index (χ4n) is 5.20. The number of rotatable bonds is 11. The van der Waals surface area contributed by atoms with E-state index in [1.54, 1.807) is 30.9 Å². The summed E-state index contributed by atoms with van der Waals surface area (Å²) in [6.45, 7) is -0.107. The zero-order chi connectivity index (χ0) is 32.9. The average molecular weight is 675 g/mol. The summed E-state index contributed by atoms with van der Waals surface area (Å²) in [6, 6.07) is 20.2. The number of methoxy groups -OCH3 is 2. The van der Waals surface area contributed by atoms with E-state index in [1.165, 1.54) is 58.8 Å². The topological polar surface area (TPSA) is 111 Å². The standard InChI is InChI=1S/C33H28F2N6O4S2/c1-44-27-10-5-8-23(31(27)45-2)26-17-25(28-11-6-16-46-28)39-41(26)30(42)19-47-33-38-37-29(40(33)21-14-12-20(34)13-15-21)18-36-32(43)22-7-3-4-9-24(22)35/h3-16,26H,17-19H2,1-2H3,(H,36,43)/t26-/m1/s1. The van der Waals surface area contributed by atoms with Gasteiger partial charge in [-0.15, -0.1) is 21.5 Å². The summed E-state index contributed by atoms with van der Waals surface area (Å²) in [4.78, 5) is 27.6. The molecule has 1 N–H and O–H groups in total. The molecule has 0 fully saturated rings. The summed E-state index contributed by atoms with van der Waals surface area (Å²) in [7, 11) is 3.11. The van der Waals surface area contributed by atoms with E-state index in [0.717, 1.165) is 27.9 Å². The van der Waals surface area contributed by atoms with Crippen LogP contribution in [0.15, 0.2) is 94.5 Å². The number of ether oxygens (including phenoxy) is 2. The number of nitrogens with zero attached hydrogens (tertiary/aromatic N) is 5.